The molecule has 1 aromatic heterocycles. The number of halogens is 1. The molecular formula is C18H18FNOS2. The predicted molar refractivity (Wildman–Crippen MR) is 92.9 cm³/mol. The second kappa shape index (κ2) is 6.29. The minimum Gasteiger partial charge on any atom is -0.344 e. The smallest absolute Gasteiger partial charge is 0.261 e. The average molecular weight is 347 g/mol. The second-order valence-electron chi connectivity index (χ2n) is 6.09. The van der Waals surface area contributed by atoms with Gasteiger partial charge >= 0.3 is 0 Å². The van der Waals surface area contributed by atoms with Crippen molar-refractivity contribution in [3.8, 4) is 0 Å². The van der Waals surface area contributed by atoms with E-state index in [4.69, 9.17) is 0 Å². The number of amides is 1. The number of fused-ring (bicyclic) bond motifs is 2. The van der Waals surface area contributed by atoms with Crippen LogP contribution in [0, 0.1) is 5.82 Å². The highest BCUT2D eigenvalue weighted by Crippen LogP contribution is 2.38. The quantitative estimate of drug-likeness (QED) is 0.851. The van der Waals surface area contributed by atoms with Crippen LogP contribution in [0.2, 0.25) is 0 Å². The molecule has 1 N–H and O–H groups in total. The largest absolute Gasteiger partial charge is 0.344 e. The van der Waals surface area contributed by atoms with Gasteiger partial charge in [-0.05, 0) is 55.4 Å². The molecule has 0 saturated heterocycles. The number of benzene rings is 1. The molecule has 1 aliphatic heterocycles. The molecule has 4 rings (SSSR count). The van der Waals surface area contributed by atoms with Gasteiger partial charge in [-0.15, -0.1) is 23.1 Å². The number of aryl methyl sites for hydroxylation is 2. The number of rotatable bonds is 2. The van der Waals surface area contributed by atoms with E-state index in [9.17, 15) is 9.18 Å². The van der Waals surface area contributed by atoms with Crippen LogP contribution >= 0.6 is 23.1 Å². The Morgan fingerprint density at radius 1 is 1.26 bits per heavy atom. The van der Waals surface area contributed by atoms with Crippen molar-refractivity contribution in [2.24, 2.45) is 0 Å². The van der Waals surface area contributed by atoms with Crippen LogP contribution in [0.4, 0.5) is 4.39 Å². The van der Waals surface area contributed by atoms with Gasteiger partial charge in [0.1, 0.15) is 5.82 Å². The van der Waals surface area contributed by atoms with Crippen LogP contribution in [0.5, 0.6) is 0 Å². The van der Waals surface area contributed by atoms with E-state index in [-0.39, 0.29) is 17.8 Å². The molecule has 0 radical (unpaired) electrons. The third-order valence-electron chi connectivity index (χ3n) is 4.55. The van der Waals surface area contributed by atoms with E-state index in [0.29, 0.717) is 4.90 Å². The van der Waals surface area contributed by atoms with Crippen LogP contribution in [0.15, 0.2) is 29.2 Å². The highest BCUT2D eigenvalue weighted by Gasteiger charge is 2.26. The molecule has 0 unspecified atom stereocenters. The molecule has 0 spiro atoms. The van der Waals surface area contributed by atoms with Crippen molar-refractivity contribution in [1.29, 1.82) is 0 Å². The zero-order chi connectivity index (χ0) is 15.8. The number of carbonyl (C=O) groups excluding carboxylic acids is 1. The molecule has 0 bridgehead atoms. The van der Waals surface area contributed by atoms with Crippen LogP contribution in [-0.4, -0.2) is 11.7 Å². The van der Waals surface area contributed by atoms with Crippen molar-refractivity contribution in [2.75, 3.05) is 5.75 Å². The Kier molecular flexibility index (Phi) is 4.16. The first-order valence-electron chi connectivity index (χ1n) is 8.06. The summed E-state index contributed by atoms with van der Waals surface area (Å²) in [5.74, 6) is 0.634. The lowest BCUT2D eigenvalue weighted by molar-refractivity contribution is 0.0939. The molecule has 1 aliphatic carbocycles. The summed E-state index contributed by atoms with van der Waals surface area (Å²) in [7, 11) is 0. The summed E-state index contributed by atoms with van der Waals surface area (Å²) in [4.78, 5) is 15.5. The molecule has 5 heteroatoms. The lowest BCUT2D eigenvalue weighted by Gasteiger charge is -2.26. The highest BCUT2D eigenvalue weighted by atomic mass is 32.2. The first-order valence-corrected chi connectivity index (χ1v) is 9.86. The third-order valence-corrected chi connectivity index (χ3v) is 6.95. The molecule has 23 heavy (non-hydrogen) atoms. The normalized spacial score (nSPS) is 19.8. The van der Waals surface area contributed by atoms with Gasteiger partial charge in [-0.2, -0.15) is 0 Å². The standard InChI is InChI=1S/C18H18FNOS2/c19-13-6-3-5-12-14(8-9-22-17(12)13)20-18(21)16-10-11-4-1-2-7-15(11)23-16/h3,5-6,10,14H,1-2,4,7-9H2,(H,20,21)/t14-/m1/s1. The van der Waals surface area contributed by atoms with Gasteiger partial charge in [0.15, 0.2) is 0 Å². The zero-order valence-corrected chi connectivity index (χ0v) is 14.4. The van der Waals surface area contributed by atoms with Gasteiger partial charge in [0, 0.05) is 15.5 Å². The summed E-state index contributed by atoms with van der Waals surface area (Å²) in [5, 5.41) is 3.12. The van der Waals surface area contributed by atoms with Crippen LogP contribution < -0.4 is 5.32 Å². The van der Waals surface area contributed by atoms with Gasteiger partial charge in [0.25, 0.3) is 5.91 Å². The van der Waals surface area contributed by atoms with E-state index in [1.807, 2.05) is 6.07 Å². The SMILES string of the molecule is O=C(N[C@@H]1CCSc2c(F)cccc21)c1cc2c(s1)CCCC2. The van der Waals surface area contributed by atoms with Gasteiger partial charge in [-0.1, -0.05) is 12.1 Å². The van der Waals surface area contributed by atoms with Gasteiger partial charge in [0.2, 0.25) is 0 Å². The molecular weight excluding hydrogens is 329 g/mol. The number of thioether (sulfide) groups is 1. The van der Waals surface area contributed by atoms with Crippen molar-refractivity contribution in [3.63, 3.8) is 0 Å². The van der Waals surface area contributed by atoms with E-state index in [0.717, 1.165) is 35.5 Å². The molecule has 1 atom stereocenters. The van der Waals surface area contributed by atoms with Crippen molar-refractivity contribution in [3.05, 3.63) is 51.0 Å². The third kappa shape index (κ3) is 2.92. The van der Waals surface area contributed by atoms with Crippen LogP contribution in [0.3, 0.4) is 0 Å². The van der Waals surface area contributed by atoms with Crippen LogP contribution in [0.25, 0.3) is 0 Å². The maximum absolute atomic E-state index is 13.9. The van der Waals surface area contributed by atoms with Crippen LogP contribution in [0.1, 0.15) is 51.0 Å². The minimum atomic E-state index is -0.182. The van der Waals surface area contributed by atoms with E-state index in [1.165, 1.54) is 29.3 Å². The molecule has 2 nitrogen and oxygen atoms in total. The number of thiophene rings is 1. The van der Waals surface area contributed by atoms with Gasteiger partial charge < -0.3 is 5.32 Å². The first kappa shape index (κ1) is 15.2. The van der Waals surface area contributed by atoms with Crippen LogP contribution in [-0.2, 0) is 12.8 Å². The van der Waals surface area contributed by atoms with Crippen molar-refractivity contribution >= 4 is 29.0 Å². The van der Waals surface area contributed by atoms with E-state index < -0.39 is 0 Å². The summed E-state index contributed by atoms with van der Waals surface area (Å²) in [5.41, 5.74) is 2.26. The number of hydrogen-bond acceptors (Lipinski definition) is 3. The molecule has 1 aromatic carbocycles. The Bertz CT molecular complexity index is 732. The lowest BCUT2D eigenvalue weighted by Crippen LogP contribution is -2.30. The first-order chi connectivity index (χ1) is 11.2. The molecule has 2 aliphatic rings. The molecule has 2 heterocycles. The summed E-state index contributed by atoms with van der Waals surface area (Å²) in [6.07, 6.45) is 5.48. The van der Waals surface area contributed by atoms with Crippen molar-refractivity contribution < 1.29 is 9.18 Å². The number of hydrogen-bond donors (Lipinski definition) is 1. The van der Waals surface area contributed by atoms with E-state index in [2.05, 4.69) is 11.4 Å². The summed E-state index contributed by atoms with van der Waals surface area (Å²) >= 11 is 3.17. The van der Waals surface area contributed by atoms with Gasteiger partial charge in [0.05, 0.1) is 10.9 Å². The monoisotopic (exact) mass is 347 g/mol. The summed E-state index contributed by atoms with van der Waals surface area (Å²) < 4.78 is 13.9. The van der Waals surface area contributed by atoms with Gasteiger partial charge in [-0.25, -0.2) is 4.39 Å². The summed E-state index contributed by atoms with van der Waals surface area (Å²) in [6, 6.07) is 7.11. The zero-order valence-electron chi connectivity index (χ0n) is 12.7. The average Bonchev–Trinajstić information content (AvgIpc) is 3.00. The molecule has 0 saturated carbocycles. The van der Waals surface area contributed by atoms with E-state index in [1.54, 1.807) is 29.2 Å². The number of nitrogens with one attached hydrogen (secondary N) is 1. The minimum absolute atomic E-state index is 0.0171. The maximum atomic E-state index is 13.9. The Morgan fingerprint density at radius 3 is 3.00 bits per heavy atom. The van der Waals surface area contributed by atoms with Crippen molar-refractivity contribution in [2.45, 2.75) is 43.0 Å². The predicted octanol–water partition coefficient (Wildman–Crippen LogP) is 4.73. The van der Waals surface area contributed by atoms with Crippen molar-refractivity contribution in [1.82, 2.24) is 5.32 Å². The lowest BCUT2D eigenvalue weighted by atomic mass is 9.99. The Labute approximate surface area is 143 Å². The topological polar surface area (TPSA) is 29.1 Å². The second-order valence-corrected chi connectivity index (χ2v) is 8.33. The molecule has 1 amide bonds. The maximum Gasteiger partial charge on any atom is 0.261 e. The molecule has 0 fully saturated rings. The Hall–Kier alpha value is -1.33. The molecule has 120 valence electrons. The van der Waals surface area contributed by atoms with E-state index >= 15 is 0 Å². The Morgan fingerprint density at radius 2 is 2.13 bits per heavy atom. The Balaban J connectivity index is 1.56. The number of carbonyl (C=O) groups is 1. The summed E-state index contributed by atoms with van der Waals surface area (Å²) in [6.45, 7) is 0. The fourth-order valence-corrected chi connectivity index (χ4v) is 5.67. The highest BCUT2D eigenvalue weighted by molar-refractivity contribution is 7.99. The fraction of sp³-hybridized carbons (Fsp3) is 0.389. The fourth-order valence-electron chi connectivity index (χ4n) is 3.37. The van der Waals surface area contributed by atoms with Gasteiger partial charge in [-0.3, -0.25) is 4.79 Å². The molecule has 2 aromatic rings.